The number of carbonyl (C=O) groups excluding carboxylic acids is 3. The third kappa shape index (κ3) is 6.91. The van der Waals surface area contributed by atoms with Crippen LogP contribution in [0.2, 0.25) is 0 Å². The number of anilines is 2. The van der Waals surface area contributed by atoms with Gasteiger partial charge >= 0.3 is 0 Å². The van der Waals surface area contributed by atoms with Crippen molar-refractivity contribution in [1.82, 2.24) is 15.1 Å². The summed E-state index contributed by atoms with van der Waals surface area (Å²) in [5.41, 5.74) is 9.86. The number of rotatable bonds is 7. The molecule has 3 aromatic rings. The van der Waals surface area contributed by atoms with Crippen molar-refractivity contribution in [2.45, 2.75) is 82.7 Å². The Kier molecular flexibility index (Phi) is 9.68. The highest BCUT2D eigenvalue weighted by molar-refractivity contribution is 6.05. The van der Waals surface area contributed by atoms with Crippen LogP contribution in [0.15, 0.2) is 72.3 Å². The van der Waals surface area contributed by atoms with Gasteiger partial charge in [0.25, 0.3) is 5.91 Å². The zero-order chi connectivity index (χ0) is 36.8. The SMILES string of the molecule is O=C1CC[C@H](N2Cc3cc(N4CCN(CC5CCN(c6ccc([C@H]7c8ccc(O)cc8CC[C@H]7C7=CCCCC7)cc6)CC5)CC4)ccc3C2=O)C(=O)N1. The number of phenols is 1. The summed E-state index contributed by atoms with van der Waals surface area (Å²) < 4.78 is 0. The molecule has 3 saturated heterocycles. The molecule has 3 aromatic carbocycles. The van der Waals surface area contributed by atoms with Crippen LogP contribution in [0.25, 0.3) is 0 Å². The fourth-order valence-corrected chi connectivity index (χ4v) is 10.4. The summed E-state index contributed by atoms with van der Waals surface area (Å²) in [5, 5.41) is 12.6. The van der Waals surface area contributed by atoms with Crippen molar-refractivity contribution >= 4 is 29.1 Å². The smallest absolute Gasteiger partial charge is 0.255 e. The van der Waals surface area contributed by atoms with E-state index in [-0.39, 0.29) is 24.1 Å². The summed E-state index contributed by atoms with van der Waals surface area (Å²) in [7, 11) is 0. The van der Waals surface area contributed by atoms with Crippen LogP contribution in [-0.4, -0.2) is 84.5 Å². The van der Waals surface area contributed by atoms with E-state index in [2.05, 4.69) is 68.6 Å². The molecule has 0 saturated carbocycles. The van der Waals surface area contributed by atoms with Gasteiger partial charge in [-0.05, 0) is 134 Å². The first kappa shape index (κ1) is 35.1. The van der Waals surface area contributed by atoms with Crippen LogP contribution in [0.5, 0.6) is 5.75 Å². The van der Waals surface area contributed by atoms with E-state index in [0.29, 0.717) is 42.0 Å². The van der Waals surface area contributed by atoms with Crippen molar-refractivity contribution in [3.8, 4) is 5.75 Å². The first-order valence-electron chi connectivity index (χ1n) is 20.5. The fourth-order valence-electron chi connectivity index (χ4n) is 10.4. The van der Waals surface area contributed by atoms with Gasteiger partial charge in [0.1, 0.15) is 11.8 Å². The Hall–Kier alpha value is -4.63. The van der Waals surface area contributed by atoms with Gasteiger partial charge in [-0.2, -0.15) is 0 Å². The molecule has 54 heavy (non-hydrogen) atoms. The number of carbonyl (C=O) groups is 3. The minimum Gasteiger partial charge on any atom is -0.508 e. The van der Waals surface area contributed by atoms with Crippen molar-refractivity contribution in [3.63, 3.8) is 0 Å². The molecule has 0 radical (unpaired) electrons. The van der Waals surface area contributed by atoms with Crippen LogP contribution in [0.1, 0.15) is 96.3 Å². The van der Waals surface area contributed by atoms with Crippen LogP contribution < -0.4 is 15.1 Å². The minimum atomic E-state index is -0.582. The van der Waals surface area contributed by atoms with E-state index in [9.17, 15) is 19.5 Å². The van der Waals surface area contributed by atoms with E-state index < -0.39 is 6.04 Å². The summed E-state index contributed by atoms with van der Waals surface area (Å²) >= 11 is 0. The zero-order valence-electron chi connectivity index (χ0n) is 31.3. The monoisotopic (exact) mass is 727 g/mol. The molecule has 4 heterocycles. The summed E-state index contributed by atoms with van der Waals surface area (Å²) in [4.78, 5) is 46.5. The molecule has 6 aliphatic rings. The van der Waals surface area contributed by atoms with Crippen molar-refractivity contribution in [3.05, 3.63) is 100 Å². The van der Waals surface area contributed by atoms with Gasteiger partial charge in [-0.15, -0.1) is 0 Å². The van der Waals surface area contributed by atoms with Gasteiger partial charge in [0.15, 0.2) is 0 Å². The van der Waals surface area contributed by atoms with Crippen molar-refractivity contribution in [1.29, 1.82) is 0 Å². The van der Waals surface area contributed by atoms with E-state index in [1.165, 1.54) is 60.9 Å². The average Bonchev–Trinajstić information content (AvgIpc) is 3.53. The van der Waals surface area contributed by atoms with E-state index in [4.69, 9.17) is 0 Å². The number of allylic oxidation sites excluding steroid dienone is 2. The van der Waals surface area contributed by atoms with Gasteiger partial charge in [0.05, 0.1) is 0 Å². The van der Waals surface area contributed by atoms with Crippen molar-refractivity contribution in [2.75, 3.05) is 55.6 Å². The van der Waals surface area contributed by atoms with Crippen LogP contribution in [0, 0.1) is 11.8 Å². The summed E-state index contributed by atoms with van der Waals surface area (Å²) in [5.74, 6) is 1.23. The number of aryl methyl sites for hydroxylation is 1. The highest BCUT2D eigenvalue weighted by atomic mass is 16.3. The third-order valence-electron chi connectivity index (χ3n) is 13.4. The quantitative estimate of drug-likeness (QED) is 0.215. The molecule has 0 unspecified atom stereocenters. The molecule has 3 amide bonds. The molecular weight excluding hydrogens is 675 g/mol. The third-order valence-corrected chi connectivity index (χ3v) is 13.4. The number of hydrogen-bond acceptors (Lipinski definition) is 7. The molecule has 0 bridgehead atoms. The normalized spacial score (nSPS) is 25.3. The number of aromatic hydroxyl groups is 1. The molecule has 2 aliphatic carbocycles. The van der Waals surface area contributed by atoms with Gasteiger partial charge in [0.2, 0.25) is 11.8 Å². The molecule has 282 valence electrons. The number of benzene rings is 3. The van der Waals surface area contributed by atoms with Gasteiger partial charge in [0, 0.05) is 81.6 Å². The van der Waals surface area contributed by atoms with E-state index in [0.717, 1.165) is 69.9 Å². The van der Waals surface area contributed by atoms with Crippen LogP contribution in [-0.2, 0) is 22.6 Å². The Labute approximate surface area is 319 Å². The second-order valence-electron chi connectivity index (χ2n) is 16.6. The fraction of sp³-hybridized carbons (Fsp3) is 0.489. The lowest BCUT2D eigenvalue weighted by molar-refractivity contribution is -0.136. The van der Waals surface area contributed by atoms with Gasteiger partial charge < -0.3 is 19.8 Å². The highest BCUT2D eigenvalue weighted by Gasteiger charge is 2.39. The molecule has 3 fully saturated rings. The maximum Gasteiger partial charge on any atom is 0.255 e. The summed E-state index contributed by atoms with van der Waals surface area (Å²) in [6, 6.07) is 21.1. The number of nitrogens with one attached hydrogen (secondary N) is 1. The molecule has 3 atom stereocenters. The van der Waals surface area contributed by atoms with Crippen molar-refractivity contribution < 1.29 is 19.5 Å². The van der Waals surface area contributed by atoms with Crippen LogP contribution in [0.3, 0.4) is 0 Å². The van der Waals surface area contributed by atoms with E-state index in [1.807, 2.05) is 18.2 Å². The Balaban J connectivity index is 0.777. The number of fused-ring (bicyclic) bond motifs is 2. The number of amides is 3. The largest absolute Gasteiger partial charge is 0.508 e. The Morgan fingerprint density at radius 1 is 0.722 bits per heavy atom. The number of nitrogens with zero attached hydrogens (tertiary/aromatic N) is 4. The number of piperazine rings is 1. The molecule has 9 rings (SSSR count). The van der Waals surface area contributed by atoms with Gasteiger partial charge in [-0.25, -0.2) is 0 Å². The predicted octanol–water partition coefficient (Wildman–Crippen LogP) is 6.39. The van der Waals surface area contributed by atoms with Crippen molar-refractivity contribution in [2.24, 2.45) is 11.8 Å². The number of imide groups is 1. The maximum atomic E-state index is 13.2. The molecule has 4 aliphatic heterocycles. The lowest BCUT2D eigenvalue weighted by Gasteiger charge is -2.40. The van der Waals surface area contributed by atoms with E-state index in [1.54, 1.807) is 10.5 Å². The first-order chi connectivity index (χ1) is 26.4. The molecule has 9 nitrogen and oxygen atoms in total. The van der Waals surface area contributed by atoms with Gasteiger partial charge in [-0.1, -0.05) is 29.8 Å². The molecular formula is C45H53N5O4. The Morgan fingerprint density at radius 2 is 1.50 bits per heavy atom. The molecule has 2 N–H and O–H groups in total. The lowest BCUT2D eigenvalue weighted by Crippen LogP contribution is -2.52. The van der Waals surface area contributed by atoms with E-state index >= 15 is 0 Å². The van der Waals surface area contributed by atoms with Gasteiger partial charge in [-0.3, -0.25) is 24.6 Å². The Bertz CT molecular complexity index is 1940. The maximum absolute atomic E-state index is 13.2. The highest BCUT2D eigenvalue weighted by Crippen LogP contribution is 2.47. The predicted molar refractivity (Wildman–Crippen MR) is 211 cm³/mol. The number of hydrogen-bond donors (Lipinski definition) is 2. The molecule has 0 aromatic heterocycles. The number of piperidine rings is 2. The topological polar surface area (TPSA) is 96.4 Å². The standard InChI is InChI=1S/C45H53N5O4/c51-37-12-15-39-33(27-37)8-13-38(31-4-2-1-3-5-31)43(39)32-6-9-35(10-7-32)48-20-18-30(19-21-48)28-47-22-24-49(25-23-47)36-11-14-40-34(26-36)29-50(45(40)54)41-16-17-42(52)46-44(41)53/h4,6-7,9-12,14-15,26-27,30,38,41,43,51H,1-3,5,8,13,16-25,28-29H2,(H,46,52,53)/t38-,41-,43+/m0/s1. The van der Waals surface area contributed by atoms with Crippen LogP contribution >= 0.6 is 0 Å². The average molecular weight is 728 g/mol. The lowest BCUT2D eigenvalue weighted by atomic mass is 9.67. The Morgan fingerprint density at radius 3 is 2.26 bits per heavy atom. The number of phenolic OH excluding ortho intramolecular Hbond substituents is 1. The summed E-state index contributed by atoms with van der Waals surface area (Å²) in [6.07, 6.45) is 12.8. The second kappa shape index (κ2) is 14.9. The second-order valence-corrected chi connectivity index (χ2v) is 16.6. The van der Waals surface area contributed by atoms with Crippen LogP contribution in [0.4, 0.5) is 11.4 Å². The minimum absolute atomic E-state index is 0.117. The molecule has 9 heteroatoms. The zero-order valence-corrected chi connectivity index (χ0v) is 31.3. The first-order valence-corrected chi connectivity index (χ1v) is 20.5. The summed E-state index contributed by atoms with van der Waals surface area (Å²) in [6.45, 7) is 7.72. The molecule has 0 spiro atoms.